The molecule has 0 radical (unpaired) electrons. The van der Waals surface area contributed by atoms with E-state index in [4.69, 9.17) is 11.6 Å². The molecular formula is C12H20Cl2N4. The van der Waals surface area contributed by atoms with Gasteiger partial charge >= 0.3 is 0 Å². The van der Waals surface area contributed by atoms with E-state index >= 15 is 0 Å². The average molecular weight is 291 g/mol. The number of aromatic nitrogens is 2. The molecule has 1 saturated heterocycles. The fourth-order valence-corrected chi connectivity index (χ4v) is 2.21. The van der Waals surface area contributed by atoms with Gasteiger partial charge in [0.2, 0.25) is 5.95 Å². The van der Waals surface area contributed by atoms with E-state index in [1.165, 1.54) is 19.3 Å². The van der Waals surface area contributed by atoms with Crippen LogP contribution in [0.1, 0.15) is 24.8 Å². The number of rotatable bonds is 3. The molecule has 102 valence electrons. The zero-order valence-electron chi connectivity index (χ0n) is 10.8. The van der Waals surface area contributed by atoms with Crippen LogP contribution >= 0.6 is 24.0 Å². The van der Waals surface area contributed by atoms with Gasteiger partial charge in [0.05, 0.1) is 0 Å². The predicted molar refractivity (Wildman–Crippen MR) is 77.9 cm³/mol. The molecule has 1 fully saturated rings. The fourth-order valence-electron chi connectivity index (χ4n) is 2.09. The molecule has 1 aromatic heterocycles. The van der Waals surface area contributed by atoms with Gasteiger partial charge in [-0.3, -0.25) is 0 Å². The molecular weight excluding hydrogens is 271 g/mol. The van der Waals surface area contributed by atoms with Gasteiger partial charge in [-0.15, -0.1) is 12.4 Å². The normalized spacial score (nSPS) is 19.2. The number of hydrogen-bond acceptors (Lipinski definition) is 4. The summed E-state index contributed by atoms with van der Waals surface area (Å²) in [6.45, 7) is 3.96. The highest BCUT2D eigenvalue weighted by Gasteiger charge is 2.16. The summed E-state index contributed by atoms with van der Waals surface area (Å²) in [6, 6.07) is 0.539. The van der Waals surface area contributed by atoms with Crippen molar-refractivity contribution in [1.29, 1.82) is 0 Å². The lowest BCUT2D eigenvalue weighted by atomic mass is 10.0. The highest BCUT2D eigenvalue weighted by Crippen LogP contribution is 2.16. The first-order valence-corrected chi connectivity index (χ1v) is 6.48. The maximum absolute atomic E-state index is 6.01. The van der Waals surface area contributed by atoms with E-state index in [1.54, 1.807) is 6.20 Å². The molecule has 1 aliphatic rings. The van der Waals surface area contributed by atoms with Crippen molar-refractivity contribution in [2.45, 2.75) is 32.2 Å². The molecule has 1 atom stereocenters. The number of piperidine rings is 1. The molecule has 0 aromatic carbocycles. The Kier molecular flexibility index (Phi) is 6.12. The third-order valence-corrected chi connectivity index (χ3v) is 3.53. The van der Waals surface area contributed by atoms with Gasteiger partial charge in [0, 0.05) is 31.4 Å². The maximum atomic E-state index is 6.01. The van der Waals surface area contributed by atoms with Gasteiger partial charge in [0.15, 0.2) is 0 Å². The molecule has 2 heterocycles. The van der Waals surface area contributed by atoms with Crippen LogP contribution < -0.4 is 10.2 Å². The number of nitrogens with one attached hydrogen (secondary N) is 1. The number of anilines is 1. The van der Waals surface area contributed by atoms with Crippen molar-refractivity contribution in [1.82, 2.24) is 15.3 Å². The van der Waals surface area contributed by atoms with E-state index in [1.807, 2.05) is 14.0 Å². The summed E-state index contributed by atoms with van der Waals surface area (Å²) in [4.78, 5) is 10.7. The van der Waals surface area contributed by atoms with Gasteiger partial charge in [0.1, 0.15) is 5.15 Å². The van der Waals surface area contributed by atoms with Crippen LogP contribution in [0.2, 0.25) is 5.15 Å². The van der Waals surface area contributed by atoms with Gasteiger partial charge in [-0.1, -0.05) is 18.0 Å². The molecule has 18 heavy (non-hydrogen) atoms. The first-order valence-electron chi connectivity index (χ1n) is 6.10. The Hall–Kier alpha value is -0.580. The molecule has 6 heteroatoms. The molecule has 0 saturated carbocycles. The summed E-state index contributed by atoms with van der Waals surface area (Å²) in [7, 11) is 2.01. The lowest BCUT2D eigenvalue weighted by molar-refractivity contribution is 0.402. The van der Waals surface area contributed by atoms with Crippen LogP contribution in [0.3, 0.4) is 0 Å². The Morgan fingerprint density at radius 2 is 2.28 bits per heavy atom. The summed E-state index contributed by atoms with van der Waals surface area (Å²) >= 11 is 6.01. The monoisotopic (exact) mass is 290 g/mol. The minimum atomic E-state index is 0. The molecule has 2 rings (SSSR count). The average Bonchev–Trinajstić information content (AvgIpc) is 2.34. The lowest BCUT2D eigenvalue weighted by Crippen LogP contribution is -2.42. The third kappa shape index (κ3) is 3.97. The predicted octanol–water partition coefficient (Wildman–Crippen LogP) is 2.44. The smallest absolute Gasteiger partial charge is 0.226 e. The van der Waals surface area contributed by atoms with Crippen molar-refractivity contribution in [3.05, 3.63) is 16.9 Å². The zero-order chi connectivity index (χ0) is 12.3. The van der Waals surface area contributed by atoms with Gasteiger partial charge < -0.3 is 10.2 Å². The van der Waals surface area contributed by atoms with E-state index in [-0.39, 0.29) is 12.4 Å². The first-order chi connectivity index (χ1) is 8.16. The van der Waals surface area contributed by atoms with Crippen molar-refractivity contribution >= 4 is 30.0 Å². The molecule has 1 unspecified atom stereocenters. The van der Waals surface area contributed by atoms with Crippen molar-refractivity contribution in [3.8, 4) is 0 Å². The van der Waals surface area contributed by atoms with Crippen LogP contribution in [0.4, 0.5) is 5.95 Å². The Morgan fingerprint density at radius 3 is 2.89 bits per heavy atom. The van der Waals surface area contributed by atoms with Gasteiger partial charge in [0.25, 0.3) is 0 Å². The topological polar surface area (TPSA) is 41.1 Å². The van der Waals surface area contributed by atoms with Crippen LogP contribution in [-0.2, 0) is 0 Å². The summed E-state index contributed by atoms with van der Waals surface area (Å²) in [5.74, 6) is 0.702. The highest BCUT2D eigenvalue weighted by molar-refractivity contribution is 6.30. The summed E-state index contributed by atoms with van der Waals surface area (Å²) in [5, 5.41) is 4.06. The Morgan fingerprint density at radius 1 is 1.50 bits per heavy atom. The van der Waals surface area contributed by atoms with E-state index < -0.39 is 0 Å². The quantitative estimate of drug-likeness (QED) is 0.868. The SMILES string of the molecule is Cc1cnc(N(C)CC2CCCCN2)nc1Cl.Cl. The minimum Gasteiger partial charge on any atom is -0.342 e. The number of likely N-dealkylation sites (N-methyl/N-ethyl adjacent to an activating group) is 1. The van der Waals surface area contributed by atoms with Gasteiger partial charge in [-0.05, 0) is 26.3 Å². The van der Waals surface area contributed by atoms with Gasteiger partial charge in [-0.25, -0.2) is 9.97 Å². The number of halogens is 2. The molecule has 0 amide bonds. The van der Waals surface area contributed by atoms with E-state index in [0.717, 1.165) is 18.7 Å². The molecule has 0 aliphatic carbocycles. The van der Waals surface area contributed by atoms with Crippen LogP contribution in [0, 0.1) is 6.92 Å². The Balaban J connectivity index is 0.00000162. The van der Waals surface area contributed by atoms with Gasteiger partial charge in [-0.2, -0.15) is 0 Å². The van der Waals surface area contributed by atoms with Crippen LogP contribution in [-0.4, -0.2) is 36.1 Å². The number of aryl methyl sites for hydroxylation is 1. The molecule has 4 nitrogen and oxygen atoms in total. The molecule has 1 aliphatic heterocycles. The van der Waals surface area contributed by atoms with E-state index in [9.17, 15) is 0 Å². The van der Waals surface area contributed by atoms with E-state index in [0.29, 0.717) is 17.1 Å². The van der Waals surface area contributed by atoms with Crippen molar-refractivity contribution in [2.75, 3.05) is 25.0 Å². The summed E-state index contributed by atoms with van der Waals surface area (Å²) in [6.07, 6.45) is 5.59. The second-order valence-corrected chi connectivity index (χ2v) is 5.03. The molecule has 0 bridgehead atoms. The number of nitrogens with zero attached hydrogens (tertiary/aromatic N) is 3. The van der Waals surface area contributed by atoms with Crippen LogP contribution in [0.5, 0.6) is 0 Å². The second-order valence-electron chi connectivity index (χ2n) is 4.67. The first kappa shape index (κ1) is 15.5. The van der Waals surface area contributed by atoms with Crippen molar-refractivity contribution in [2.24, 2.45) is 0 Å². The standard InChI is InChI=1S/C12H19ClN4.ClH/c1-9-7-15-12(16-11(9)13)17(2)8-10-5-3-4-6-14-10;/h7,10,14H,3-6,8H2,1-2H3;1H. The van der Waals surface area contributed by atoms with Crippen LogP contribution in [0.15, 0.2) is 6.20 Å². The molecule has 1 aromatic rings. The van der Waals surface area contributed by atoms with Crippen LogP contribution in [0.25, 0.3) is 0 Å². The molecule has 1 N–H and O–H groups in total. The highest BCUT2D eigenvalue weighted by atomic mass is 35.5. The van der Waals surface area contributed by atoms with Crippen molar-refractivity contribution in [3.63, 3.8) is 0 Å². The van der Waals surface area contributed by atoms with E-state index in [2.05, 4.69) is 20.2 Å². The lowest BCUT2D eigenvalue weighted by Gasteiger charge is -2.28. The Bertz CT molecular complexity index is 380. The second kappa shape index (κ2) is 7.12. The van der Waals surface area contributed by atoms with Crippen molar-refractivity contribution < 1.29 is 0 Å². The largest absolute Gasteiger partial charge is 0.342 e. The summed E-state index contributed by atoms with van der Waals surface area (Å²) < 4.78 is 0. The maximum Gasteiger partial charge on any atom is 0.226 e. The minimum absolute atomic E-state index is 0. The summed E-state index contributed by atoms with van der Waals surface area (Å²) in [5.41, 5.74) is 0.916. The zero-order valence-corrected chi connectivity index (χ0v) is 12.4. The number of hydrogen-bond donors (Lipinski definition) is 1. The third-order valence-electron chi connectivity index (χ3n) is 3.15. The molecule has 0 spiro atoms. The fraction of sp³-hybridized carbons (Fsp3) is 0.667. The Labute approximate surface area is 120 Å².